The molecule has 1 aromatic carbocycles. The van der Waals surface area contributed by atoms with Gasteiger partial charge in [-0.3, -0.25) is 0 Å². The zero-order chi connectivity index (χ0) is 8.55. The molecule has 0 saturated carbocycles. The highest BCUT2D eigenvalue weighted by molar-refractivity contribution is 6.38. The summed E-state index contributed by atoms with van der Waals surface area (Å²) in [5.41, 5.74) is 1.44. The molecule has 1 aromatic heterocycles. The van der Waals surface area contributed by atoms with Gasteiger partial charge >= 0.3 is 0 Å². The molecule has 0 fully saturated rings. The van der Waals surface area contributed by atoms with Crippen LogP contribution in [0.5, 0.6) is 0 Å². The van der Waals surface area contributed by atoms with Gasteiger partial charge in [0.1, 0.15) is 7.85 Å². The van der Waals surface area contributed by atoms with E-state index in [0.717, 1.165) is 10.9 Å². The zero-order valence-corrected chi connectivity index (χ0v) is 6.92. The van der Waals surface area contributed by atoms with Gasteiger partial charge in [-0.1, -0.05) is 17.6 Å². The van der Waals surface area contributed by atoms with E-state index in [9.17, 15) is 0 Å². The molecule has 0 bridgehead atoms. The lowest BCUT2D eigenvalue weighted by Gasteiger charge is -1.99. The van der Waals surface area contributed by atoms with Crippen LogP contribution in [0.4, 0.5) is 0 Å². The number of aromatic nitrogens is 2. The topological polar surface area (TPSA) is 25.8 Å². The van der Waals surface area contributed by atoms with E-state index in [2.05, 4.69) is 9.97 Å². The summed E-state index contributed by atoms with van der Waals surface area (Å²) in [5.74, 6) is 0. The summed E-state index contributed by atoms with van der Waals surface area (Å²) in [6, 6.07) is 5.49. The first kappa shape index (κ1) is 7.56. The van der Waals surface area contributed by atoms with Crippen molar-refractivity contribution in [1.29, 1.82) is 0 Å². The highest BCUT2D eigenvalue weighted by Gasteiger charge is 1.98. The molecule has 2 aromatic rings. The Balaban J connectivity index is 2.86. The second-order valence-corrected chi connectivity index (χ2v) is 2.76. The minimum Gasteiger partial charge on any atom is -0.226 e. The maximum atomic E-state index is 5.68. The predicted octanol–water partition coefficient (Wildman–Crippen LogP) is 1.08. The molecule has 0 aliphatic rings. The van der Waals surface area contributed by atoms with Crippen LogP contribution in [0.2, 0.25) is 5.28 Å². The van der Waals surface area contributed by atoms with Crippen molar-refractivity contribution in [2.24, 2.45) is 0 Å². The van der Waals surface area contributed by atoms with E-state index in [-0.39, 0.29) is 5.28 Å². The minimum atomic E-state index is 0.244. The van der Waals surface area contributed by atoms with Crippen molar-refractivity contribution in [2.45, 2.75) is 0 Å². The Bertz CT molecular complexity index is 430. The monoisotopic (exact) mass is 174 g/mol. The molecule has 12 heavy (non-hydrogen) atoms. The van der Waals surface area contributed by atoms with Crippen LogP contribution in [0.25, 0.3) is 10.9 Å². The van der Waals surface area contributed by atoms with Gasteiger partial charge in [-0.15, -0.1) is 0 Å². The van der Waals surface area contributed by atoms with Gasteiger partial charge in [0.25, 0.3) is 0 Å². The molecule has 2 radical (unpaired) electrons. The first-order valence-corrected chi connectivity index (χ1v) is 3.82. The van der Waals surface area contributed by atoms with Gasteiger partial charge in [-0.2, -0.15) is 0 Å². The molecule has 0 spiro atoms. The van der Waals surface area contributed by atoms with Crippen molar-refractivity contribution in [2.75, 3.05) is 0 Å². The SMILES string of the molecule is [B]c1cccc2nc(Cl)ncc12. The first-order chi connectivity index (χ1) is 5.77. The quantitative estimate of drug-likeness (QED) is 0.441. The van der Waals surface area contributed by atoms with Crippen molar-refractivity contribution in [3.63, 3.8) is 0 Å². The van der Waals surface area contributed by atoms with E-state index in [1.54, 1.807) is 12.3 Å². The lowest BCUT2D eigenvalue weighted by molar-refractivity contribution is 1.22. The highest BCUT2D eigenvalue weighted by atomic mass is 35.5. The molecule has 56 valence electrons. The minimum absolute atomic E-state index is 0.244. The standard InChI is InChI=1S/C8H4BClN2/c9-6-2-1-3-7-5(6)4-11-8(10)12-7/h1-4H. The summed E-state index contributed by atoms with van der Waals surface area (Å²) in [4.78, 5) is 7.85. The van der Waals surface area contributed by atoms with E-state index in [0.29, 0.717) is 5.46 Å². The molecule has 1 heterocycles. The van der Waals surface area contributed by atoms with Crippen LogP contribution in [0.3, 0.4) is 0 Å². The van der Waals surface area contributed by atoms with Crippen molar-refractivity contribution in [3.05, 3.63) is 29.7 Å². The summed E-state index contributed by atoms with van der Waals surface area (Å²) in [6.45, 7) is 0. The molecule has 4 heteroatoms. The molecule has 2 rings (SSSR count). The average molecular weight is 174 g/mol. The largest absolute Gasteiger partial charge is 0.226 e. The second kappa shape index (κ2) is 2.75. The predicted molar refractivity (Wildman–Crippen MR) is 49.9 cm³/mol. The van der Waals surface area contributed by atoms with Gasteiger partial charge in [-0.25, -0.2) is 9.97 Å². The maximum absolute atomic E-state index is 5.68. The molecule has 0 unspecified atom stereocenters. The first-order valence-electron chi connectivity index (χ1n) is 3.44. The third kappa shape index (κ3) is 1.16. The second-order valence-electron chi connectivity index (χ2n) is 2.42. The van der Waals surface area contributed by atoms with Crippen molar-refractivity contribution in [1.82, 2.24) is 9.97 Å². The summed E-state index contributed by atoms with van der Waals surface area (Å²) in [6.07, 6.45) is 1.62. The lowest BCUT2D eigenvalue weighted by atomic mass is 9.93. The zero-order valence-electron chi connectivity index (χ0n) is 6.16. The van der Waals surface area contributed by atoms with E-state index >= 15 is 0 Å². The third-order valence-electron chi connectivity index (χ3n) is 1.63. The van der Waals surface area contributed by atoms with Gasteiger partial charge in [0.15, 0.2) is 0 Å². The molecule has 0 atom stereocenters. The van der Waals surface area contributed by atoms with E-state index in [1.165, 1.54) is 0 Å². The number of rotatable bonds is 0. The number of benzene rings is 1. The van der Waals surface area contributed by atoms with Crippen LogP contribution in [0.1, 0.15) is 0 Å². The molecule has 2 nitrogen and oxygen atoms in total. The van der Waals surface area contributed by atoms with Crippen molar-refractivity contribution >= 4 is 35.8 Å². The fourth-order valence-electron chi connectivity index (χ4n) is 1.05. The normalized spacial score (nSPS) is 10.4. The Morgan fingerprint density at radius 2 is 2.17 bits per heavy atom. The van der Waals surface area contributed by atoms with Gasteiger partial charge in [0.2, 0.25) is 5.28 Å². The summed E-state index contributed by atoms with van der Waals surface area (Å²) < 4.78 is 0. The summed E-state index contributed by atoms with van der Waals surface area (Å²) in [5, 5.41) is 1.08. The Morgan fingerprint density at radius 1 is 1.33 bits per heavy atom. The van der Waals surface area contributed by atoms with Crippen LogP contribution >= 0.6 is 11.6 Å². The van der Waals surface area contributed by atoms with E-state index in [1.807, 2.05) is 12.1 Å². The number of hydrogen-bond acceptors (Lipinski definition) is 2. The molecule has 0 N–H and O–H groups in total. The lowest BCUT2D eigenvalue weighted by Crippen LogP contribution is -2.03. The molecule has 0 aliphatic carbocycles. The Morgan fingerprint density at radius 3 is 3.00 bits per heavy atom. The fourth-order valence-corrected chi connectivity index (χ4v) is 1.19. The Hall–Kier alpha value is -1.09. The smallest absolute Gasteiger partial charge is 0.222 e. The molecule has 0 amide bonds. The van der Waals surface area contributed by atoms with Crippen LogP contribution in [-0.2, 0) is 0 Å². The molecule has 0 saturated heterocycles. The van der Waals surface area contributed by atoms with Crippen LogP contribution in [-0.4, -0.2) is 17.8 Å². The van der Waals surface area contributed by atoms with Crippen molar-refractivity contribution < 1.29 is 0 Å². The highest BCUT2D eigenvalue weighted by Crippen LogP contribution is 2.09. The number of hydrogen-bond donors (Lipinski definition) is 0. The maximum Gasteiger partial charge on any atom is 0.222 e. The number of fused-ring (bicyclic) bond motifs is 1. The summed E-state index contributed by atoms with van der Waals surface area (Å²) in [7, 11) is 5.68. The summed E-state index contributed by atoms with van der Waals surface area (Å²) >= 11 is 5.61. The number of nitrogens with zero attached hydrogens (tertiary/aromatic N) is 2. The Kier molecular flexibility index (Phi) is 1.73. The molecular weight excluding hydrogens is 170 g/mol. The van der Waals surface area contributed by atoms with Crippen molar-refractivity contribution in [3.8, 4) is 0 Å². The van der Waals surface area contributed by atoms with E-state index < -0.39 is 0 Å². The average Bonchev–Trinajstić information content (AvgIpc) is 2.04. The van der Waals surface area contributed by atoms with Gasteiger partial charge in [0, 0.05) is 11.6 Å². The Labute approximate surface area is 76.0 Å². The van der Waals surface area contributed by atoms with Gasteiger partial charge in [0.05, 0.1) is 5.52 Å². The van der Waals surface area contributed by atoms with Crippen LogP contribution < -0.4 is 5.46 Å². The number of halogens is 1. The van der Waals surface area contributed by atoms with E-state index in [4.69, 9.17) is 19.4 Å². The third-order valence-corrected chi connectivity index (χ3v) is 1.81. The van der Waals surface area contributed by atoms with Gasteiger partial charge < -0.3 is 0 Å². The van der Waals surface area contributed by atoms with Crippen LogP contribution in [0.15, 0.2) is 24.4 Å². The molecular formula is C8H4BClN2. The molecule has 0 aliphatic heterocycles. The van der Waals surface area contributed by atoms with Gasteiger partial charge in [-0.05, 0) is 17.7 Å². The van der Waals surface area contributed by atoms with Crippen LogP contribution in [0, 0.1) is 0 Å². The fraction of sp³-hybridized carbons (Fsp3) is 0.